The van der Waals surface area contributed by atoms with Crippen LogP contribution in [-0.2, 0) is 0 Å². The van der Waals surface area contributed by atoms with Gasteiger partial charge in [-0.15, -0.1) is 5.10 Å². The van der Waals surface area contributed by atoms with E-state index < -0.39 is 0 Å². The van der Waals surface area contributed by atoms with Crippen LogP contribution in [0.3, 0.4) is 0 Å². The van der Waals surface area contributed by atoms with Crippen LogP contribution >= 0.6 is 0 Å². The fourth-order valence-electron chi connectivity index (χ4n) is 4.37. The van der Waals surface area contributed by atoms with Crippen LogP contribution in [0.1, 0.15) is 24.6 Å². The van der Waals surface area contributed by atoms with Crippen LogP contribution in [0.4, 0.5) is 17.3 Å². The Bertz CT molecular complexity index is 985. The summed E-state index contributed by atoms with van der Waals surface area (Å²) in [6.07, 6.45) is 7.54. The maximum absolute atomic E-state index is 6.02. The van der Waals surface area contributed by atoms with Gasteiger partial charge in [-0.25, -0.2) is 14.6 Å². The largest absolute Gasteiger partial charge is 0.399 e. The predicted octanol–water partition coefficient (Wildman–Crippen LogP) is 1.25. The second-order valence-electron chi connectivity index (χ2n) is 7.38. The van der Waals surface area contributed by atoms with Crippen molar-refractivity contribution < 1.29 is 0 Å². The minimum Gasteiger partial charge on any atom is -0.399 e. The summed E-state index contributed by atoms with van der Waals surface area (Å²) in [5, 5.41) is 8.78. The van der Waals surface area contributed by atoms with Crippen molar-refractivity contribution in [3.63, 3.8) is 0 Å². The van der Waals surface area contributed by atoms with Gasteiger partial charge in [-0.05, 0) is 31.0 Å². The van der Waals surface area contributed by atoms with E-state index >= 15 is 0 Å². The third kappa shape index (κ3) is 2.93. The van der Waals surface area contributed by atoms with Crippen LogP contribution < -0.4 is 16.4 Å². The van der Waals surface area contributed by atoms with E-state index in [0.717, 1.165) is 55.4 Å². The summed E-state index contributed by atoms with van der Waals surface area (Å²) in [4.78, 5) is 13.4. The van der Waals surface area contributed by atoms with Crippen LogP contribution in [0.15, 0.2) is 42.9 Å². The minimum atomic E-state index is 0.293. The number of aromatic nitrogens is 5. The quantitative estimate of drug-likeness (QED) is 0.655. The van der Waals surface area contributed by atoms with E-state index in [1.54, 1.807) is 17.1 Å². The molecule has 144 valence electrons. The van der Waals surface area contributed by atoms with Crippen molar-refractivity contribution in [2.45, 2.75) is 24.9 Å². The number of piperazine rings is 1. The number of nitrogens with zero attached hydrogens (tertiary/aromatic N) is 7. The Hall–Kier alpha value is -3.20. The van der Waals surface area contributed by atoms with E-state index in [-0.39, 0.29) is 0 Å². The highest BCUT2D eigenvalue weighted by Gasteiger charge is 2.39. The molecule has 2 saturated heterocycles. The summed E-state index contributed by atoms with van der Waals surface area (Å²) in [6.45, 7) is 2.72. The predicted molar refractivity (Wildman–Crippen MR) is 107 cm³/mol. The van der Waals surface area contributed by atoms with Crippen LogP contribution in [0, 0.1) is 0 Å². The lowest BCUT2D eigenvalue weighted by atomic mass is 10.1. The Labute approximate surface area is 163 Å². The Morgan fingerprint density at radius 2 is 1.93 bits per heavy atom. The van der Waals surface area contributed by atoms with Gasteiger partial charge >= 0.3 is 0 Å². The first kappa shape index (κ1) is 16.9. The number of rotatable bonds is 3. The number of nitrogens with two attached hydrogens (primary N) is 2. The topological polar surface area (TPSA) is 115 Å². The van der Waals surface area contributed by atoms with Gasteiger partial charge in [0.15, 0.2) is 11.6 Å². The lowest BCUT2D eigenvalue weighted by molar-refractivity contribution is 0.173. The number of hydrogen-bond donors (Lipinski definition) is 2. The standard InChI is InChI=1S/C19H23N9/c20-13-2-1-3-14(10-13)28-12-16(24-25-28)17-5-4-15-11-26(8-9-27(15)17)19-18(21)22-6-7-23-19/h1-3,6-7,10,12,15,17H,4-5,8-9,11,20H2,(H2,21,22)/t15-,17+/m0/s1. The maximum atomic E-state index is 6.02. The van der Waals surface area contributed by atoms with Gasteiger partial charge in [0.25, 0.3) is 0 Å². The molecule has 0 bridgehead atoms. The molecule has 9 heteroatoms. The lowest BCUT2D eigenvalue weighted by Gasteiger charge is -2.40. The lowest BCUT2D eigenvalue weighted by Crippen LogP contribution is -2.51. The van der Waals surface area contributed by atoms with E-state index in [4.69, 9.17) is 11.5 Å². The minimum absolute atomic E-state index is 0.293. The number of benzene rings is 1. The first-order valence-corrected chi connectivity index (χ1v) is 9.54. The second-order valence-corrected chi connectivity index (χ2v) is 7.38. The zero-order chi connectivity index (χ0) is 19.1. The Morgan fingerprint density at radius 1 is 1.04 bits per heavy atom. The molecule has 0 radical (unpaired) electrons. The fourth-order valence-corrected chi connectivity index (χ4v) is 4.37. The maximum Gasteiger partial charge on any atom is 0.171 e. The highest BCUT2D eigenvalue weighted by molar-refractivity contribution is 5.57. The van der Waals surface area contributed by atoms with Crippen molar-refractivity contribution in [3.05, 3.63) is 48.5 Å². The molecule has 4 heterocycles. The first-order chi connectivity index (χ1) is 13.7. The fraction of sp³-hybridized carbons (Fsp3) is 0.368. The SMILES string of the molecule is Nc1cccc(-n2cc([C@H]3CC[C@H]4CN(c5nccnc5N)CCN43)nn2)c1. The van der Waals surface area contributed by atoms with Crippen molar-refractivity contribution in [1.29, 1.82) is 0 Å². The van der Waals surface area contributed by atoms with Gasteiger partial charge < -0.3 is 16.4 Å². The average Bonchev–Trinajstić information content (AvgIpc) is 3.35. The molecule has 5 rings (SSSR count). The molecule has 2 aliphatic rings. The molecule has 0 saturated carbocycles. The zero-order valence-electron chi connectivity index (χ0n) is 15.5. The normalized spacial score (nSPS) is 22.4. The van der Waals surface area contributed by atoms with Gasteiger partial charge in [-0.3, -0.25) is 4.90 Å². The van der Waals surface area contributed by atoms with Gasteiger partial charge in [0.2, 0.25) is 0 Å². The third-order valence-corrected chi connectivity index (χ3v) is 5.69. The molecule has 9 nitrogen and oxygen atoms in total. The molecule has 2 fully saturated rings. The highest BCUT2D eigenvalue weighted by atomic mass is 15.4. The van der Waals surface area contributed by atoms with Crippen molar-refractivity contribution in [2.24, 2.45) is 0 Å². The Balaban J connectivity index is 1.33. The summed E-state index contributed by atoms with van der Waals surface area (Å²) in [6, 6.07) is 8.43. The smallest absolute Gasteiger partial charge is 0.171 e. The van der Waals surface area contributed by atoms with Crippen LogP contribution in [-0.4, -0.2) is 55.5 Å². The van der Waals surface area contributed by atoms with Gasteiger partial charge in [0.1, 0.15) is 5.69 Å². The van der Waals surface area contributed by atoms with Crippen molar-refractivity contribution in [1.82, 2.24) is 29.9 Å². The first-order valence-electron chi connectivity index (χ1n) is 9.54. The monoisotopic (exact) mass is 377 g/mol. The summed E-state index contributed by atoms with van der Waals surface area (Å²) >= 11 is 0. The zero-order valence-corrected chi connectivity index (χ0v) is 15.5. The molecular weight excluding hydrogens is 354 g/mol. The third-order valence-electron chi connectivity index (χ3n) is 5.69. The molecular formula is C19H23N9. The van der Waals surface area contributed by atoms with Gasteiger partial charge in [0, 0.05) is 43.8 Å². The summed E-state index contributed by atoms with van der Waals surface area (Å²) < 4.78 is 1.80. The Kier molecular flexibility index (Phi) is 4.09. The van der Waals surface area contributed by atoms with Crippen LogP contribution in [0.2, 0.25) is 0 Å². The van der Waals surface area contributed by atoms with Crippen molar-refractivity contribution >= 4 is 17.3 Å². The number of fused-ring (bicyclic) bond motifs is 1. The van der Waals surface area contributed by atoms with E-state index in [0.29, 0.717) is 17.9 Å². The van der Waals surface area contributed by atoms with Crippen LogP contribution in [0.5, 0.6) is 0 Å². The molecule has 1 aromatic carbocycles. The summed E-state index contributed by atoms with van der Waals surface area (Å²) in [7, 11) is 0. The summed E-state index contributed by atoms with van der Waals surface area (Å²) in [5.74, 6) is 1.29. The molecule has 0 aliphatic carbocycles. The number of anilines is 3. The van der Waals surface area contributed by atoms with E-state index in [9.17, 15) is 0 Å². The van der Waals surface area contributed by atoms with Crippen LogP contribution in [0.25, 0.3) is 5.69 Å². The summed E-state index contributed by atoms with van der Waals surface area (Å²) in [5.41, 5.74) is 14.6. The van der Waals surface area contributed by atoms with Gasteiger partial charge in [-0.2, -0.15) is 0 Å². The number of nitrogen functional groups attached to an aromatic ring is 2. The molecule has 0 spiro atoms. The molecule has 0 unspecified atom stereocenters. The molecule has 3 aromatic rings. The molecule has 0 amide bonds. The average molecular weight is 377 g/mol. The molecule has 2 aliphatic heterocycles. The van der Waals surface area contributed by atoms with Gasteiger partial charge in [-0.1, -0.05) is 11.3 Å². The number of hydrogen-bond acceptors (Lipinski definition) is 8. The highest BCUT2D eigenvalue weighted by Crippen LogP contribution is 2.38. The molecule has 2 aromatic heterocycles. The molecule has 4 N–H and O–H groups in total. The molecule has 2 atom stereocenters. The van der Waals surface area contributed by atoms with Gasteiger partial charge in [0.05, 0.1) is 17.9 Å². The van der Waals surface area contributed by atoms with E-state index in [2.05, 4.69) is 30.1 Å². The molecule has 28 heavy (non-hydrogen) atoms. The van der Waals surface area contributed by atoms with E-state index in [1.807, 2.05) is 30.5 Å². The second kappa shape index (κ2) is 6.75. The van der Waals surface area contributed by atoms with Crippen molar-refractivity contribution in [2.75, 3.05) is 36.0 Å². The van der Waals surface area contributed by atoms with Crippen molar-refractivity contribution in [3.8, 4) is 5.69 Å². The van der Waals surface area contributed by atoms with E-state index in [1.165, 1.54) is 0 Å². The Morgan fingerprint density at radius 3 is 2.79 bits per heavy atom.